The van der Waals surface area contributed by atoms with Gasteiger partial charge in [0, 0.05) is 32.0 Å². The number of rotatable bonds is 8. The molecule has 0 radical (unpaired) electrons. The lowest BCUT2D eigenvalue weighted by Gasteiger charge is -2.21. The highest BCUT2D eigenvalue weighted by Crippen LogP contribution is 2.13. The van der Waals surface area contributed by atoms with Crippen LogP contribution in [0, 0.1) is 0 Å². The lowest BCUT2D eigenvalue weighted by molar-refractivity contribution is 0.131. The first-order valence-electron chi connectivity index (χ1n) is 6.41. The highest BCUT2D eigenvalue weighted by atomic mass is 16.5. The van der Waals surface area contributed by atoms with Crippen molar-refractivity contribution in [3.05, 3.63) is 29.8 Å². The van der Waals surface area contributed by atoms with Gasteiger partial charge in [0.25, 0.3) is 0 Å². The van der Waals surface area contributed by atoms with Crippen molar-refractivity contribution in [2.24, 2.45) is 0 Å². The van der Waals surface area contributed by atoms with Crippen LogP contribution >= 0.6 is 0 Å². The molecule has 0 spiro atoms. The Balaban J connectivity index is 2.38. The first kappa shape index (κ1) is 14.0. The van der Waals surface area contributed by atoms with Crippen molar-refractivity contribution >= 4 is 5.69 Å². The average Bonchev–Trinajstić information content (AvgIpc) is 2.35. The van der Waals surface area contributed by atoms with Gasteiger partial charge in [-0.3, -0.25) is 4.90 Å². The summed E-state index contributed by atoms with van der Waals surface area (Å²) in [6.07, 6.45) is 1.08. The Morgan fingerprint density at radius 3 is 2.65 bits per heavy atom. The van der Waals surface area contributed by atoms with E-state index in [1.165, 1.54) is 5.56 Å². The van der Waals surface area contributed by atoms with Crippen LogP contribution in [0.2, 0.25) is 0 Å². The van der Waals surface area contributed by atoms with Crippen LogP contribution in [0.4, 0.5) is 5.69 Å². The molecule has 1 aromatic carbocycles. The minimum absolute atomic E-state index is 0.803. The van der Waals surface area contributed by atoms with E-state index in [-0.39, 0.29) is 0 Å². The molecule has 1 aromatic rings. The maximum Gasteiger partial charge on any atom is 0.0478 e. The zero-order valence-electron chi connectivity index (χ0n) is 11.0. The number of ether oxygens (including phenoxy) is 1. The normalized spacial score (nSPS) is 11.0. The molecule has 0 aliphatic rings. The largest absolute Gasteiger partial charge is 0.398 e. The third-order valence-corrected chi connectivity index (χ3v) is 2.86. The van der Waals surface area contributed by atoms with Crippen molar-refractivity contribution in [2.45, 2.75) is 26.8 Å². The van der Waals surface area contributed by atoms with Gasteiger partial charge < -0.3 is 10.5 Å². The Morgan fingerprint density at radius 2 is 2.00 bits per heavy atom. The molecular formula is C14H24N2O. The average molecular weight is 236 g/mol. The second kappa shape index (κ2) is 8.09. The fourth-order valence-electron chi connectivity index (χ4n) is 1.80. The minimum atomic E-state index is 0.803. The smallest absolute Gasteiger partial charge is 0.0478 e. The van der Waals surface area contributed by atoms with E-state index in [4.69, 9.17) is 10.5 Å². The van der Waals surface area contributed by atoms with Crippen LogP contribution in [0.1, 0.15) is 25.8 Å². The Bertz CT molecular complexity index is 315. The van der Waals surface area contributed by atoms with E-state index in [1.807, 2.05) is 25.1 Å². The summed E-state index contributed by atoms with van der Waals surface area (Å²) in [5, 5.41) is 0. The monoisotopic (exact) mass is 236 g/mol. The third-order valence-electron chi connectivity index (χ3n) is 2.86. The molecule has 0 atom stereocenters. The Morgan fingerprint density at radius 1 is 1.24 bits per heavy atom. The van der Waals surface area contributed by atoms with Crippen molar-refractivity contribution in [3.63, 3.8) is 0 Å². The zero-order valence-corrected chi connectivity index (χ0v) is 11.0. The molecule has 0 amide bonds. The topological polar surface area (TPSA) is 38.5 Å². The second-order valence-electron chi connectivity index (χ2n) is 4.12. The fourth-order valence-corrected chi connectivity index (χ4v) is 1.80. The van der Waals surface area contributed by atoms with Crippen LogP contribution in [-0.4, -0.2) is 31.2 Å². The van der Waals surface area contributed by atoms with E-state index < -0.39 is 0 Å². The number of nitrogens with zero attached hydrogens (tertiary/aromatic N) is 1. The van der Waals surface area contributed by atoms with Crippen LogP contribution in [-0.2, 0) is 11.3 Å². The van der Waals surface area contributed by atoms with Crippen molar-refractivity contribution in [1.29, 1.82) is 0 Å². The molecule has 96 valence electrons. The minimum Gasteiger partial charge on any atom is -0.398 e. The molecule has 0 aromatic heterocycles. The number of para-hydroxylation sites is 1. The molecule has 0 bridgehead atoms. The van der Waals surface area contributed by atoms with Crippen LogP contribution in [0.3, 0.4) is 0 Å². The maximum atomic E-state index is 5.95. The SMILES string of the molecule is CCOCCCN(CC)Cc1ccccc1N. The molecule has 0 fully saturated rings. The second-order valence-corrected chi connectivity index (χ2v) is 4.12. The van der Waals surface area contributed by atoms with Gasteiger partial charge in [-0.2, -0.15) is 0 Å². The first-order chi connectivity index (χ1) is 8.27. The maximum absolute atomic E-state index is 5.95. The Labute approximate surface area is 105 Å². The standard InChI is InChI=1S/C14H24N2O/c1-3-16(10-7-11-17-4-2)12-13-8-5-6-9-14(13)15/h5-6,8-9H,3-4,7,10-12,15H2,1-2H3. The summed E-state index contributed by atoms with van der Waals surface area (Å²) in [4.78, 5) is 2.39. The molecule has 0 saturated heterocycles. The van der Waals surface area contributed by atoms with Gasteiger partial charge in [0.15, 0.2) is 0 Å². The van der Waals surface area contributed by atoms with E-state index in [0.29, 0.717) is 0 Å². The van der Waals surface area contributed by atoms with E-state index in [9.17, 15) is 0 Å². The summed E-state index contributed by atoms with van der Waals surface area (Å²) in [6, 6.07) is 8.08. The molecule has 0 heterocycles. The van der Waals surface area contributed by atoms with Crippen molar-refractivity contribution in [2.75, 3.05) is 32.0 Å². The number of benzene rings is 1. The summed E-state index contributed by atoms with van der Waals surface area (Å²) in [6.45, 7) is 8.89. The van der Waals surface area contributed by atoms with E-state index in [0.717, 1.165) is 45.0 Å². The van der Waals surface area contributed by atoms with Gasteiger partial charge in [0.2, 0.25) is 0 Å². The van der Waals surface area contributed by atoms with Crippen molar-refractivity contribution < 1.29 is 4.74 Å². The highest BCUT2D eigenvalue weighted by Gasteiger charge is 2.05. The number of anilines is 1. The quantitative estimate of drug-likeness (QED) is 0.557. The first-order valence-corrected chi connectivity index (χ1v) is 6.41. The Hall–Kier alpha value is -1.06. The summed E-state index contributed by atoms with van der Waals surface area (Å²) in [7, 11) is 0. The van der Waals surface area contributed by atoms with Gasteiger partial charge in [-0.25, -0.2) is 0 Å². The van der Waals surface area contributed by atoms with Gasteiger partial charge >= 0.3 is 0 Å². The van der Waals surface area contributed by atoms with Gasteiger partial charge in [-0.05, 0) is 31.5 Å². The van der Waals surface area contributed by atoms with Gasteiger partial charge in [-0.15, -0.1) is 0 Å². The molecule has 17 heavy (non-hydrogen) atoms. The molecule has 0 saturated carbocycles. The molecule has 1 rings (SSSR count). The number of nitrogen functional groups attached to an aromatic ring is 1. The molecule has 0 aliphatic carbocycles. The zero-order chi connectivity index (χ0) is 12.5. The number of hydrogen-bond acceptors (Lipinski definition) is 3. The van der Waals surface area contributed by atoms with Crippen LogP contribution in [0.15, 0.2) is 24.3 Å². The van der Waals surface area contributed by atoms with Crippen molar-refractivity contribution in [3.8, 4) is 0 Å². The van der Waals surface area contributed by atoms with E-state index in [2.05, 4.69) is 17.9 Å². The number of nitrogens with two attached hydrogens (primary N) is 1. The molecule has 0 aliphatic heterocycles. The molecular weight excluding hydrogens is 212 g/mol. The molecule has 0 unspecified atom stereocenters. The Kier molecular flexibility index (Phi) is 6.67. The molecule has 3 heteroatoms. The van der Waals surface area contributed by atoms with Crippen molar-refractivity contribution in [1.82, 2.24) is 4.90 Å². The lowest BCUT2D eigenvalue weighted by atomic mass is 10.1. The fraction of sp³-hybridized carbons (Fsp3) is 0.571. The predicted molar refractivity (Wildman–Crippen MR) is 72.9 cm³/mol. The van der Waals surface area contributed by atoms with Gasteiger partial charge in [-0.1, -0.05) is 25.1 Å². The summed E-state index contributed by atoms with van der Waals surface area (Å²) in [5.41, 5.74) is 8.05. The molecule has 2 N–H and O–H groups in total. The van der Waals surface area contributed by atoms with E-state index in [1.54, 1.807) is 0 Å². The van der Waals surface area contributed by atoms with E-state index >= 15 is 0 Å². The molecule has 3 nitrogen and oxygen atoms in total. The van der Waals surface area contributed by atoms with Crippen LogP contribution < -0.4 is 5.73 Å². The summed E-state index contributed by atoms with van der Waals surface area (Å²) >= 11 is 0. The predicted octanol–water partition coefficient (Wildman–Crippen LogP) is 2.52. The van der Waals surface area contributed by atoms with Gasteiger partial charge in [0.1, 0.15) is 0 Å². The lowest BCUT2D eigenvalue weighted by Crippen LogP contribution is -2.25. The van der Waals surface area contributed by atoms with Crippen LogP contribution in [0.5, 0.6) is 0 Å². The third kappa shape index (κ3) is 5.20. The van der Waals surface area contributed by atoms with Gasteiger partial charge in [0.05, 0.1) is 0 Å². The summed E-state index contributed by atoms with van der Waals surface area (Å²) < 4.78 is 5.35. The van der Waals surface area contributed by atoms with Crippen LogP contribution in [0.25, 0.3) is 0 Å². The summed E-state index contributed by atoms with van der Waals surface area (Å²) in [5.74, 6) is 0. The highest BCUT2D eigenvalue weighted by molar-refractivity contribution is 5.46. The number of hydrogen-bond donors (Lipinski definition) is 1.